The van der Waals surface area contributed by atoms with E-state index in [2.05, 4.69) is 30.3 Å². The molecule has 1 heterocycles. The van der Waals surface area contributed by atoms with Crippen LogP contribution < -0.4 is 5.32 Å². The van der Waals surface area contributed by atoms with Gasteiger partial charge >= 0.3 is 0 Å². The summed E-state index contributed by atoms with van der Waals surface area (Å²) in [6.45, 7) is 5.03. The topological polar surface area (TPSA) is 48.3 Å². The molecule has 3 atom stereocenters. The van der Waals surface area contributed by atoms with Gasteiger partial charge < -0.3 is 9.64 Å². The van der Waals surface area contributed by atoms with E-state index in [1.54, 1.807) is 0 Å². The fourth-order valence-electron chi connectivity index (χ4n) is 3.71. The van der Waals surface area contributed by atoms with Gasteiger partial charge in [0.1, 0.15) is 5.54 Å². The second-order valence-corrected chi connectivity index (χ2v) is 6.80. The summed E-state index contributed by atoms with van der Waals surface area (Å²) in [5, 5.41) is 13.1. The number of ether oxygens (including phenoxy) is 1. The molecule has 0 amide bonds. The Bertz CT molecular complexity index is 348. The normalized spacial score (nSPS) is 33.8. The molecule has 0 bridgehead atoms. The molecule has 2 aliphatic rings. The molecule has 4 nitrogen and oxygen atoms in total. The lowest BCUT2D eigenvalue weighted by Gasteiger charge is -2.41. The molecule has 0 aromatic heterocycles. The molecule has 1 saturated carbocycles. The highest BCUT2D eigenvalue weighted by molar-refractivity contribution is 5.11. The van der Waals surface area contributed by atoms with Gasteiger partial charge in [-0.05, 0) is 65.0 Å². The number of nitrogens with zero attached hydrogens (tertiary/aromatic N) is 2. The zero-order chi connectivity index (χ0) is 15.1. The summed E-state index contributed by atoms with van der Waals surface area (Å²) in [7, 11) is 2.20. The van der Waals surface area contributed by atoms with Gasteiger partial charge in [-0.15, -0.1) is 0 Å². The highest BCUT2D eigenvalue weighted by Crippen LogP contribution is 2.31. The molecule has 0 aromatic rings. The quantitative estimate of drug-likeness (QED) is 0.818. The van der Waals surface area contributed by atoms with E-state index in [1.165, 1.54) is 25.7 Å². The van der Waals surface area contributed by atoms with Crippen LogP contribution in [0.1, 0.15) is 58.3 Å². The second-order valence-electron chi connectivity index (χ2n) is 6.80. The van der Waals surface area contributed by atoms with E-state index in [1.807, 2.05) is 0 Å². The Hall–Kier alpha value is -0.630. The van der Waals surface area contributed by atoms with Crippen LogP contribution >= 0.6 is 0 Å². The summed E-state index contributed by atoms with van der Waals surface area (Å²) in [6.07, 6.45) is 9.47. The molecule has 3 unspecified atom stereocenters. The van der Waals surface area contributed by atoms with Crippen molar-refractivity contribution in [3.8, 4) is 6.07 Å². The predicted octanol–water partition coefficient (Wildman–Crippen LogP) is 2.69. The van der Waals surface area contributed by atoms with Gasteiger partial charge in [0.25, 0.3) is 0 Å². The average Bonchev–Trinajstić information content (AvgIpc) is 2.54. The number of nitrogens with one attached hydrogen (secondary N) is 1. The summed E-state index contributed by atoms with van der Waals surface area (Å²) in [6, 6.07) is 3.08. The van der Waals surface area contributed by atoms with Crippen molar-refractivity contribution in [3.63, 3.8) is 0 Å². The van der Waals surface area contributed by atoms with Crippen molar-refractivity contribution in [2.24, 2.45) is 0 Å². The van der Waals surface area contributed by atoms with Gasteiger partial charge in [-0.1, -0.05) is 6.92 Å². The smallest absolute Gasteiger partial charge is 0.108 e. The fraction of sp³-hybridized carbons (Fsp3) is 0.941. The van der Waals surface area contributed by atoms with E-state index in [-0.39, 0.29) is 5.54 Å². The van der Waals surface area contributed by atoms with Crippen molar-refractivity contribution in [2.75, 3.05) is 26.7 Å². The maximum atomic E-state index is 9.63. The van der Waals surface area contributed by atoms with Crippen molar-refractivity contribution >= 4 is 0 Å². The van der Waals surface area contributed by atoms with Gasteiger partial charge in [0, 0.05) is 19.2 Å². The van der Waals surface area contributed by atoms with Crippen molar-refractivity contribution in [2.45, 2.75) is 76.0 Å². The molecule has 2 fully saturated rings. The SMILES string of the molecule is CCCNC1(C#N)CCCC(N(C)CC2CCCCO2)C1. The van der Waals surface area contributed by atoms with Gasteiger partial charge in [0.05, 0.1) is 12.2 Å². The molecule has 21 heavy (non-hydrogen) atoms. The lowest BCUT2D eigenvalue weighted by atomic mass is 9.79. The van der Waals surface area contributed by atoms with Gasteiger partial charge in [0.15, 0.2) is 0 Å². The maximum Gasteiger partial charge on any atom is 0.108 e. The van der Waals surface area contributed by atoms with E-state index in [0.717, 1.165) is 45.4 Å². The predicted molar refractivity (Wildman–Crippen MR) is 85.1 cm³/mol. The molecule has 1 aliphatic carbocycles. The van der Waals surface area contributed by atoms with Crippen LogP contribution in [0, 0.1) is 11.3 Å². The van der Waals surface area contributed by atoms with Crippen LogP contribution in [0.3, 0.4) is 0 Å². The first-order valence-corrected chi connectivity index (χ1v) is 8.67. The van der Waals surface area contributed by atoms with Gasteiger partial charge in [-0.25, -0.2) is 0 Å². The average molecular weight is 293 g/mol. The monoisotopic (exact) mass is 293 g/mol. The van der Waals surface area contributed by atoms with Crippen LogP contribution in [0.2, 0.25) is 0 Å². The summed E-state index contributed by atoms with van der Waals surface area (Å²) in [4.78, 5) is 2.44. The Labute approximate surface area is 129 Å². The number of nitriles is 1. The first kappa shape index (κ1) is 16.7. The van der Waals surface area contributed by atoms with Crippen LogP contribution in [-0.2, 0) is 4.74 Å². The second kappa shape index (κ2) is 8.12. The lowest BCUT2D eigenvalue weighted by molar-refractivity contribution is -0.0134. The Morgan fingerprint density at radius 1 is 1.33 bits per heavy atom. The van der Waals surface area contributed by atoms with Crippen LogP contribution in [-0.4, -0.2) is 49.3 Å². The van der Waals surface area contributed by atoms with Crippen LogP contribution in [0.5, 0.6) is 0 Å². The number of hydrogen-bond donors (Lipinski definition) is 1. The Kier molecular flexibility index (Phi) is 6.47. The number of hydrogen-bond acceptors (Lipinski definition) is 4. The molecule has 0 aromatic carbocycles. The lowest BCUT2D eigenvalue weighted by Crippen LogP contribution is -2.53. The fourth-order valence-corrected chi connectivity index (χ4v) is 3.71. The van der Waals surface area contributed by atoms with E-state index in [4.69, 9.17) is 4.74 Å². The van der Waals surface area contributed by atoms with E-state index >= 15 is 0 Å². The van der Waals surface area contributed by atoms with Gasteiger partial charge in [-0.2, -0.15) is 5.26 Å². The van der Waals surface area contributed by atoms with Crippen LogP contribution in [0.4, 0.5) is 0 Å². The minimum atomic E-state index is -0.305. The Morgan fingerprint density at radius 2 is 2.19 bits per heavy atom. The van der Waals surface area contributed by atoms with Gasteiger partial charge in [-0.3, -0.25) is 5.32 Å². The Balaban J connectivity index is 1.88. The third kappa shape index (κ3) is 4.67. The summed E-state index contributed by atoms with van der Waals surface area (Å²) >= 11 is 0. The molecule has 0 radical (unpaired) electrons. The highest BCUT2D eigenvalue weighted by Gasteiger charge is 2.37. The minimum absolute atomic E-state index is 0.305. The molecule has 2 rings (SSSR count). The highest BCUT2D eigenvalue weighted by atomic mass is 16.5. The molecule has 0 spiro atoms. The van der Waals surface area contributed by atoms with Crippen LogP contribution in [0.15, 0.2) is 0 Å². The molecule has 120 valence electrons. The van der Waals surface area contributed by atoms with Crippen molar-refractivity contribution in [1.29, 1.82) is 5.26 Å². The van der Waals surface area contributed by atoms with Crippen molar-refractivity contribution < 1.29 is 4.74 Å². The molecular formula is C17H31N3O. The van der Waals surface area contributed by atoms with E-state index in [0.29, 0.717) is 12.1 Å². The van der Waals surface area contributed by atoms with E-state index < -0.39 is 0 Å². The summed E-state index contributed by atoms with van der Waals surface area (Å²) in [5.41, 5.74) is -0.305. The number of likely N-dealkylation sites (N-methyl/N-ethyl adjacent to an activating group) is 1. The van der Waals surface area contributed by atoms with Crippen LogP contribution in [0.25, 0.3) is 0 Å². The molecule has 1 N–H and O–H groups in total. The first-order valence-electron chi connectivity index (χ1n) is 8.67. The third-order valence-corrected chi connectivity index (χ3v) is 5.04. The largest absolute Gasteiger partial charge is 0.377 e. The first-order chi connectivity index (χ1) is 10.2. The molecular weight excluding hydrogens is 262 g/mol. The minimum Gasteiger partial charge on any atom is -0.377 e. The molecule has 1 aliphatic heterocycles. The maximum absolute atomic E-state index is 9.63. The zero-order valence-corrected chi connectivity index (χ0v) is 13.7. The molecule has 4 heteroatoms. The summed E-state index contributed by atoms with van der Waals surface area (Å²) < 4.78 is 5.86. The van der Waals surface area contributed by atoms with Crippen molar-refractivity contribution in [3.05, 3.63) is 0 Å². The van der Waals surface area contributed by atoms with Crippen molar-refractivity contribution in [1.82, 2.24) is 10.2 Å². The Morgan fingerprint density at radius 3 is 2.86 bits per heavy atom. The molecule has 1 saturated heterocycles. The third-order valence-electron chi connectivity index (χ3n) is 5.04. The zero-order valence-electron chi connectivity index (χ0n) is 13.7. The van der Waals surface area contributed by atoms with E-state index in [9.17, 15) is 5.26 Å². The summed E-state index contributed by atoms with van der Waals surface area (Å²) in [5.74, 6) is 0. The van der Waals surface area contributed by atoms with Gasteiger partial charge in [0.2, 0.25) is 0 Å². The number of rotatable bonds is 6. The standard InChI is InChI=1S/C17H31N3O/c1-3-10-19-17(14-18)9-6-7-15(12-17)20(2)13-16-8-4-5-11-21-16/h15-16,19H,3-13H2,1-2H3.